The highest BCUT2D eigenvalue weighted by atomic mass is 32.2. The predicted octanol–water partition coefficient (Wildman–Crippen LogP) is 4.16. The molecule has 0 N–H and O–H groups in total. The van der Waals surface area contributed by atoms with Crippen molar-refractivity contribution in [3.8, 4) is 5.75 Å². The Morgan fingerprint density at radius 2 is 1.83 bits per heavy atom. The van der Waals surface area contributed by atoms with Gasteiger partial charge in [0, 0.05) is 27.9 Å². The minimum absolute atomic E-state index is 0.0713. The summed E-state index contributed by atoms with van der Waals surface area (Å²) in [4.78, 5) is 13.7. The number of benzene rings is 2. The van der Waals surface area contributed by atoms with Crippen molar-refractivity contribution in [3.05, 3.63) is 70.1 Å². The van der Waals surface area contributed by atoms with Gasteiger partial charge in [0.1, 0.15) is 11.3 Å². The monoisotopic (exact) mass is 322 g/mol. The first kappa shape index (κ1) is 13.3. The number of ether oxygens (including phenoxy) is 1. The summed E-state index contributed by atoms with van der Waals surface area (Å²) < 4.78 is 11.5. The highest BCUT2D eigenvalue weighted by Crippen LogP contribution is 2.50. The van der Waals surface area contributed by atoms with Crippen LogP contribution in [0, 0.1) is 0 Å². The summed E-state index contributed by atoms with van der Waals surface area (Å²) in [6.45, 7) is 0.540. The summed E-state index contributed by atoms with van der Waals surface area (Å²) in [5.74, 6) is 2.29. The molecule has 2 aliphatic rings. The van der Waals surface area contributed by atoms with Gasteiger partial charge in [0.15, 0.2) is 0 Å². The molecular weight excluding hydrogens is 308 g/mol. The second-order valence-corrected chi connectivity index (χ2v) is 7.03. The number of rotatable bonds is 0. The summed E-state index contributed by atoms with van der Waals surface area (Å²) in [6, 6.07) is 15.9. The Hall–Kier alpha value is -2.20. The quantitative estimate of drug-likeness (QED) is 0.583. The van der Waals surface area contributed by atoms with Crippen LogP contribution in [0.2, 0.25) is 0 Å². The summed E-state index contributed by atoms with van der Waals surface area (Å²) in [5, 5.41) is 1.03. The van der Waals surface area contributed by atoms with E-state index in [4.69, 9.17) is 9.15 Å². The molecule has 0 fully saturated rings. The molecule has 0 bridgehead atoms. The Labute approximate surface area is 137 Å². The first-order valence-electron chi connectivity index (χ1n) is 7.73. The maximum atomic E-state index is 12.6. The van der Waals surface area contributed by atoms with Crippen molar-refractivity contribution in [3.63, 3.8) is 0 Å². The maximum Gasteiger partial charge on any atom is 0.341 e. The van der Waals surface area contributed by atoms with Gasteiger partial charge < -0.3 is 9.15 Å². The molecule has 2 atom stereocenters. The van der Waals surface area contributed by atoms with E-state index in [2.05, 4.69) is 6.07 Å². The molecule has 4 heteroatoms. The number of para-hydroxylation sites is 2. The molecular formula is C19H14O3S. The van der Waals surface area contributed by atoms with Gasteiger partial charge >= 0.3 is 5.63 Å². The topological polar surface area (TPSA) is 39.4 Å². The van der Waals surface area contributed by atoms with Crippen LogP contribution in [0.4, 0.5) is 0 Å². The molecule has 1 aromatic heterocycles. The zero-order chi connectivity index (χ0) is 15.4. The lowest BCUT2D eigenvalue weighted by atomic mass is 9.81. The van der Waals surface area contributed by atoms with E-state index in [-0.39, 0.29) is 11.5 Å². The van der Waals surface area contributed by atoms with Crippen LogP contribution in [0.15, 0.2) is 62.6 Å². The average molecular weight is 322 g/mol. The lowest BCUT2D eigenvalue weighted by Gasteiger charge is -2.37. The van der Waals surface area contributed by atoms with Crippen LogP contribution in [0.5, 0.6) is 5.75 Å². The minimum atomic E-state index is -0.219. The second-order valence-electron chi connectivity index (χ2n) is 6.00. The zero-order valence-corrected chi connectivity index (χ0v) is 13.1. The molecule has 0 aliphatic carbocycles. The molecule has 114 valence electrons. The van der Waals surface area contributed by atoms with Crippen molar-refractivity contribution >= 4 is 22.7 Å². The van der Waals surface area contributed by atoms with Gasteiger partial charge in [-0.2, -0.15) is 0 Å². The largest absolute Gasteiger partial charge is 0.493 e. The third-order valence-electron chi connectivity index (χ3n) is 4.80. The van der Waals surface area contributed by atoms with Crippen molar-refractivity contribution in [2.45, 2.75) is 16.7 Å². The van der Waals surface area contributed by atoms with E-state index in [1.807, 2.05) is 42.5 Å². The van der Waals surface area contributed by atoms with E-state index < -0.39 is 0 Å². The van der Waals surface area contributed by atoms with Crippen LogP contribution >= 0.6 is 11.8 Å². The smallest absolute Gasteiger partial charge is 0.341 e. The number of hydrogen-bond donors (Lipinski definition) is 0. The van der Waals surface area contributed by atoms with Crippen LogP contribution in [0.1, 0.15) is 23.0 Å². The standard InChI is InChI=1S/C19H14O3S/c20-19-17-13-9-21-15-7-3-1-5-11(15)14(13)10-23-18(17)12-6-2-4-8-16(12)22-19/h1-8,13-14H,9-10H2/t13-,14+/m0/s1. The molecule has 2 aliphatic heterocycles. The lowest BCUT2D eigenvalue weighted by molar-refractivity contribution is 0.239. The van der Waals surface area contributed by atoms with Crippen LogP contribution in [-0.2, 0) is 0 Å². The van der Waals surface area contributed by atoms with Crippen molar-refractivity contribution in [1.29, 1.82) is 0 Å². The van der Waals surface area contributed by atoms with Gasteiger partial charge in [0.05, 0.1) is 12.2 Å². The second kappa shape index (κ2) is 4.90. The third kappa shape index (κ3) is 1.88. The molecule has 0 spiro atoms. The van der Waals surface area contributed by atoms with Crippen LogP contribution in [0.25, 0.3) is 11.0 Å². The Balaban J connectivity index is 1.74. The molecule has 0 saturated heterocycles. The molecule has 5 rings (SSSR count). The Kier molecular flexibility index (Phi) is 2.82. The number of fused-ring (bicyclic) bond motifs is 7. The molecule has 3 nitrogen and oxygen atoms in total. The van der Waals surface area contributed by atoms with Crippen molar-refractivity contribution in [2.24, 2.45) is 0 Å². The third-order valence-corrected chi connectivity index (χ3v) is 6.05. The minimum Gasteiger partial charge on any atom is -0.493 e. The van der Waals surface area contributed by atoms with Crippen molar-refractivity contribution in [1.82, 2.24) is 0 Å². The fourth-order valence-electron chi connectivity index (χ4n) is 3.71. The van der Waals surface area contributed by atoms with E-state index in [1.54, 1.807) is 11.8 Å². The lowest BCUT2D eigenvalue weighted by Crippen LogP contribution is -2.32. The average Bonchev–Trinajstić information content (AvgIpc) is 2.61. The van der Waals surface area contributed by atoms with Crippen molar-refractivity contribution < 1.29 is 9.15 Å². The summed E-state index contributed by atoms with van der Waals surface area (Å²) in [7, 11) is 0. The van der Waals surface area contributed by atoms with Gasteiger partial charge in [-0.25, -0.2) is 4.79 Å². The first-order valence-corrected chi connectivity index (χ1v) is 8.72. The Morgan fingerprint density at radius 3 is 2.78 bits per heavy atom. The van der Waals surface area contributed by atoms with E-state index in [1.165, 1.54) is 5.56 Å². The maximum absolute atomic E-state index is 12.6. The summed E-state index contributed by atoms with van der Waals surface area (Å²) in [6.07, 6.45) is 0. The van der Waals surface area contributed by atoms with Gasteiger partial charge in [-0.3, -0.25) is 0 Å². The van der Waals surface area contributed by atoms with Crippen LogP contribution in [-0.4, -0.2) is 12.4 Å². The van der Waals surface area contributed by atoms with E-state index in [0.29, 0.717) is 18.1 Å². The molecule has 3 aromatic rings. The van der Waals surface area contributed by atoms with Gasteiger partial charge in [0.2, 0.25) is 0 Å². The zero-order valence-electron chi connectivity index (χ0n) is 12.3. The molecule has 3 heterocycles. The highest BCUT2D eigenvalue weighted by Gasteiger charge is 2.39. The van der Waals surface area contributed by atoms with Gasteiger partial charge in [-0.15, -0.1) is 11.8 Å². The Morgan fingerprint density at radius 1 is 1.00 bits per heavy atom. The van der Waals surface area contributed by atoms with E-state index >= 15 is 0 Å². The van der Waals surface area contributed by atoms with E-state index in [9.17, 15) is 4.79 Å². The number of thioether (sulfide) groups is 1. The first-order chi connectivity index (χ1) is 11.3. The van der Waals surface area contributed by atoms with Crippen LogP contribution < -0.4 is 10.4 Å². The van der Waals surface area contributed by atoms with Crippen molar-refractivity contribution in [2.75, 3.05) is 12.4 Å². The number of hydrogen-bond acceptors (Lipinski definition) is 4. The molecule has 23 heavy (non-hydrogen) atoms. The van der Waals surface area contributed by atoms with Crippen LogP contribution in [0.3, 0.4) is 0 Å². The highest BCUT2D eigenvalue weighted by molar-refractivity contribution is 7.99. The molecule has 0 amide bonds. The molecule has 2 aromatic carbocycles. The molecule has 0 unspecified atom stereocenters. The normalized spacial score (nSPS) is 21.9. The summed E-state index contributed by atoms with van der Waals surface area (Å²) >= 11 is 1.77. The summed E-state index contributed by atoms with van der Waals surface area (Å²) in [5.41, 5.74) is 2.44. The van der Waals surface area contributed by atoms with Gasteiger partial charge in [-0.1, -0.05) is 36.4 Å². The fourth-order valence-corrected chi connectivity index (χ4v) is 5.18. The Bertz CT molecular complexity index is 976. The molecule has 0 saturated carbocycles. The molecule has 0 radical (unpaired) electrons. The van der Waals surface area contributed by atoms with Gasteiger partial charge in [-0.05, 0) is 17.7 Å². The van der Waals surface area contributed by atoms with E-state index in [0.717, 1.165) is 27.3 Å². The fraction of sp³-hybridized carbons (Fsp3) is 0.211. The SMILES string of the molecule is O=c1oc2ccccc2c2c1[C@H]1COc3ccccc3[C@H]1CS2. The van der Waals surface area contributed by atoms with Gasteiger partial charge in [0.25, 0.3) is 0 Å². The predicted molar refractivity (Wildman–Crippen MR) is 90.6 cm³/mol.